The highest BCUT2D eigenvalue weighted by Crippen LogP contribution is 2.27. The van der Waals surface area contributed by atoms with Gasteiger partial charge < -0.3 is 14.4 Å². The highest BCUT2D eigenvalue weighted by Gasteiger charge is 2.24. The maximum atomic E-state index is 12.5. The van der Waals surface area contributed by atoms with Crippen molar-refractivity contribution in [1.82, 2.24) is 19.9 Å². The fourth-order valence-electron chi connectivity index (χ4n) is 4.45. The number of pyridine rings is 1. The third kappa shape index (κ3) is 6.64. The molecule has 166 valence electrons. The maximum Gasteiger partial charge on any atom is 0.228 e. The molecule has 4 rings (SSSR count). The van der Waals surface area contributed by atoms with Crippen LogP contribution in [0.15, 0.2) is 36.9 Å². The monoisotopic (exact) mass is 424 g/mol. The number of hydrogen-bond acceptors (Lipinski definition) is 6. The molecule has 1 saturated heterocycles. The second-order valence-corrected chi connectivity index (χ2v) is 8.54. The maximum absolute atomic E-state index is 12.5. The van der Waals surface area contributed by atoms with Gasteiger partial charge in [-0.1, -0.05) is 32.1 Å². The van der Waals surface area contributed by atoms with E-state index in [2.05, 4.69) is 15.0 Å². The molecule has 0 unspecified atom stereocenters. The van der Waals surface area contributed by atoms with E-state index in [4.69, 9.17) is 9.47 Å². The summed E-state index contributed by atoms with van der Waals surface area (Å²) in [6.45, 7) is 2.10. The van der Waals surface area contributed by atoms with Crippen molar-refractivity contribution in [2.24, 2.45) is 5.92 Å². The molecule has 3 heterocycles. The molecule has 7 nitrogen and oxygen atoms in total. The van der Waals surface area contributed by atoms with Crippen molar-refractivity contribution in [2.45, 2.75) is 63.9 Å². The van der Waals surface area contributed by atoms with E-state index in [-0.39, 0.29) is 12.0 Å². The smallest absolute Gasteiger partial charge is 0.228 e. The van der Waals surface area contributed by atoms with Crippen molar-refractivity contribution in [3.05, 3.63) is 42.6 Å². The molecule has 0 atom stereocenters. The summed E-state index contributed by atoms with van der Waals surface area (Å²) in [4.78, 5) is 26.9. The molecule has 2 aromatic rings. The van der Waals surface area contributed by atoms with Crippen LogP contribution in [0.25, 0.3) is 0 Å². The van der Waals surface area contributed by atoms with Gasteiger partial charge in [0.25, 0.3) is 0 Å². The Morgan fingerprint density at radius 1 is 1.03 bits per heavy atom. The normalized spacial score (nSPS) is 18.0. The number of ether oxygens (including phenoxy) is 2. The largest absolute Gasteiger partial charge is 0.490 e. The summed E-state index contributed by atoms with van der Waals surface area (Å²) < 4.78 is 12.0. The lowest BCUT2D eigenvalue weighted by Gasteiger charge is -2.32. The molecule has 2 aliphatic rings. The van der Waals surface area contributed by atoms with Crippen LogP contribution in [0.5, 0.6) is 11.6 Å². The molecule has 0 N–H and O–H groups in total. The number of amides is 1. The molecule has 0 radical (unpaired) electrons. The van der Waals surface area contributed by atoms with E-state index in [0.29, 0.717) is 37.7 Å². The van der Waals surface area contributed by atoms with E-state index in [0.717, 1.165) is 30.9 Å². The average Bonchev–Trinajstić information content (AvgIpc) is 2.81. The molecular formula is C24H32N4O3. The second-order valence-electron chi connectivity index (χ2n) is 8.54. The first kappa shape index (κ1) is 21.5. The molecule has 2 fully saturated rings. The van der Waals surface area contributed by atoms with E-state index >= 15 is 0 Å². The molecule has 0 spiro atoms. The summed E-state index contributed by atoms with van der Waals surface area (Å²) in [5.74, 6) is 2.31. The number of nitrogens with zero attached hydrogens (tertiary/aromatic N) is 4. The van der Waals surface area contributed by atoms with Gasteiger partial charge in [0.05, 0.1) is 18.7 Å². The minimum absolute atomic E-state index is 0.0940. The van der Waals surface area contributed by atoms with Crippen molar-refractivity contribution in [3.8, 4) is 11.6 Å². The Morgan fingerprint density at radius 2 is 1.87 bits per heavy atom. The van der Waals surface area contributed by atoms with Gasteiger partial charge in [-0.05, 0) is 18.4 Å². The number of likely N-dealkylation sites (tertiary alicyclic amines) is 1. The summed E-state index contributed by atoms with van der Waals surface area (Å²) in [6, 6.07) is 3.76. The molecule has 0 bridgehead atoms. The van der Waals surface area contributed by atoms with E-state index in [9.17, 15) is 4.79 Å². The summed E-state index contributed by atoms with van der Waals surface area (Å²) in [6.07, 6.45) is 16.5. The van der Waals surface area contributed by atoms with Crippen LogP contribution >= 0.6 is 0 Å². The molecule has 0 aromatic carbocycles. The predicted octanol–water partition coefficient (Wildman–Crippen LogP) is 3.83. The third-order valence-corrected chi connectivity index (χ3v) is 6.25. The number of rotatable bonds is 8. The van der Waals surface area contributed by atoms with Crippen LogP contribution in [0, 0.1) is 5.92 Å². The molecule has 1 aliphatic heterocycles. The fourth-order valence-corrected chi connectivity index (χ4v) is 4.45. The van der Waals surface area contributed by atoms with E-state index in [1.165, 1.54) is 32.1 Å². The van der Waals surface area contributed by atoms with Crippen molar-refractivity contribution in [3.63, 3.8) is 0 Å². The molecular weight excluding hydrogens is 392 g/mol. The Labute approximate surface area is 184 Å². The highest BCUT2D eigenvalue weighted by molar-refractivity contribution is 5.78. The molecule has 1 aliphatic carbocycles. The lowest BCUT2D eigenvalue weighted by molar-refractivity contribution is -0.132. The van der Waals surface area contributed by atoms with Crippen molar-refractivity contribution in [1.29, 1.82) is 0 Å². The van der Waals surface area contributed by atoms with Gasteiger partial charge in [-0.25, -0.2) is 4.98 Å². The van der Waals surface area contributed by atoms with Crippen LogP contribution in [-0.4, -0.2) is 51.6 Å². The quantitative estimate of drug-likeness (QED) is 0.641. The fraction of sp³-hybridized carbons (Fsp3) is 0.583. The van der Waals surface area contributed by atoms with Gasteiger partial charge >= 0.3 is 0 Å². The first-order valence-corrected chi connectivity index (χ1v) is 11.5. The van der Waals surface area contributed by atoms with Gasteiger partial charge in [0.15, 0.2) is 0 Å². The minimum atomic E-state index is 0.0940. The summed E-state index contributed by atoms with van der Waals surface area (Å²) in [5.41, 5.74) is 0.707. The minimum Gasteiger partial charge on any atom is -0.490 e. The van der Waals surface area contributed by atoms with Crippen LogP contribution in [0.3, 0.4) is 0 Å². The Bertz CT molecular complexity index is 819. The Hall–Kier alpha value is -2.70. The number of aromatic nitrogens is 3. The summed E-state index contributed by atoms with van der Waals surface area (Å²) in [7, 11) is 0. The highest BCUT2D eigenvalue weighted by atomic mass is 16.5. The average molecular weight is 425 g/mol. The van der Waals surface area contributed by atoms with Crippen molar-refractivity contribution in [2.75, 3.05) is 19.7 Å². The van der Waals surface area contributed by atoms with Crippen molar-refractivity contribution < 1.29 is 14.3 Å². The van der Waals surface area contributed by atoms with Gasteiger partial charge in [0.1, 0.15) is 11.9 Å². The van der Waals surface area contributed by atoms with Crippen LogP contribution in [0.1, 0.15) is 57.1 Å². The molecule has 7 heteroatoms. The zero-order valence-electron chi connectivity index (χ0n) is 18.1. The topological polar surface area (TPSA) is 77.4 Å². The zero-order valence-corrected chi connectivity index (χ0v) is 18.1. The Kier molecular flexibility index (Phi) is 7.69. The Morgan fingerprint density at radius 3 is 2.65 bits per heavy atom. The van der Waals surface area contributed by atoms with Crippen LogP contribution in [-0.2, 0) is 11.2 Å². The molecule has 1 amide bonds. The first-order chi connectivity index (χ1) is 15.3. The van der Waals surface area contributed by atoms with E-state index in [1.54, 1.807) is 24.8 Å². The zero-order chi connectivity index (χ0) is 21.3. The number of carbonyl (C=O) groups excluding carboxylic acids is 1. The van der Waals surface area contributed by atoms with Crippen LogP contribution in [0.2, 0.25) is 0 Å². The van der Waals surface area contributed by atoms with Gasteiger partial charge in [-0.2, -0.15) is 0 Å². The molecule has 31 heavy (non-hydrogen) atoms. The van der Waals surface area contributed by atoms with Crippen LogP contribution < -0.4 is 9.47 Å². The number of piperidine rings is 1. The summed E-state index contributed by atoms with van der Waals surface area (Å²) in [5, 5.41) is 0. The van der Waals surface area contributed by atoms with Gasteiger partial charge in [0, 0.05) is 56.8 Å². The van der Waals surface area contributed by atoms with Crippen LogP contribution in [0.4, 0.5) is 0 Å². The lowest BCUT2D eigenvalue weighted by atomic mass is 9.87. The third-order valence-electron chi connectivity index (χ3n) is 6.25. The van der Waals surface area contributed by atoms with Crippen molar-refractivity contribution >= 4 is 5.91 Å². The van der Waals surface area contributed by atoms with E-state index in [1.807, 2.05) is 17.0 Å². The SMILES string of the molecule is O=C(Cc1cnccn1)N1CCC(Oc2ccnc(OCCC3CCCCC3)c2)CC1. The van der Waals surface area contributed by atoms with Gasteiger partial charge in [-0.15, -0.1) is 0 Å². The predicted molar refractivity (Wildman–Crippen MR) is 117 cm³/mol. The van der Waals surface area contributed by atoms with Gasteiger partial charge in [-0.3, -0.25) is 14.8 Å². The number of hydrogen-bond donors (Lipinski definition) is 0. The van der Waals surface area contributed by atoms with E-state index < -0.39 is 0 Å². The second kappa shape index (κ2) is 11.1. The number of carbonyl (C=O) groups is 1. The molecule has 2 aromatic heterocycles. The summed E-state index contributed by atoms with van der Waals surface area (Å²) >= 11 is 0. The lowest BCUT2D eigenvalue weighted by Crippen LogP contribution is -2.42. The van der Waals surface area contributed by atoms with Gasteiger partial charge in [0.2, 0.25) is 11.8 Å². The first-order valence-electron chi connectivity index (χ1n) is 11.5. The standard InChI is InChI=1S/C24H32N4O3/c29-24(16-20-18-25-11-12-26-20)28-13-7-21(8-14-28)31-22-6-10-27-23(17-22)30-15-9-19-4-2-1-3-5-19/h6,10-12,17-19,21H,1-5,7-9,13-16H2. The Balaban J connectivity index is 1.19. The molecule has 1 saturated carbocycles.